The largest absolute Gasteiger partial charge is 0.478 e. The van der Waals surface area contributed by atoms with E-state index in [9.17, 15) is 9.90 Å². The number of fused-ring (bicyclic) bond motifs is 1. The quantitative estimate of drug-likeness (QED) is 0.628. The van der Waals surface area contributed by atoms with Crippen molar-refractivity contribution in [2.45, 2.75) is 25.7 Å². The smallest absolute Gasteiger partial charge is 0.339 e. The van der Waals surface area contributed by atoms with E-state index in [0.29, 0.717) is 15.7 Å². The fourth-order valence-corrected chi connectivity index (χ4v) is 4.51. The molecule has 0 saturated carbocycles. The van der Waals surface area contributed by atoms with Crippen LogP contribution in [0.25, 0.3) is 0 Å². The summed E-state index contributed by atoms with van der Waals surface area (Å²) in [5.74, 6) is -0.890. The average molecular weight is 411 g/mol. The summed E-state index contributed by atoms with van der Waals surface area (Å²) in [6.07, 6.45) is 3.95. The first-order valence-corrected chi connectivity index (χ1v) is 9.28. The molecule has 3 N–H and O–H groups in total. The van der Waals surface area contributed by atoms with Crippen molar-refractivity contribution in [3.8, 4) is 0 Å². The van der Waals surface area contributed by atoms with E-state index in [1.807, 2.05) is 24.3 Å². The standard InChI is InChI=1S/C16H15BrN2O2S2/c17-9-5-7-10(8-6-9)18-16(22)19-14-13(15(20)21)11-3-1-2-4-12(11)23-14/h5-8H,1-4H2,(H,20,21)(H2,18,19,22). The van der Waals surface area contributed by atoms with Gasteiger partial charge in [0.1, 0.15) is 5.00 Å². The van der Waals surface area contributed by atoms with Crippen molar-refractivity contribution in [2.75, 3.05) is 10.6 Å². The van der Waals surface area contributed by atoms with Gasteiger partial charge < -0.3 is 15.7 Å². The molecule has 120 valence electrons. The molecule has 1 aliphatic carbocycles. The highest BCUT2D eigenvalue weighted by Crippen LogP contribution is 2.38. The Bertz CT molecular complexity index is 756. The van der Waals surface area contributed by atoms with Gasteiger partial charge in [-0.3, -0.25) is 0 Å². The lowest BCUT2D eigenvalue weighted by molar-refractivity contribution is 0.0697. The van der Waals surface area contributed by atoms with E-state index in [4.69, 9.17) is 12.2 Å². The fourth-order valence-electron chi connectivity index (χ4n) is 2.68. The highest BCUT2D eigenvalue weighted by molar-refractivity contribution is 9.10. The van der Waals surface area contributed by atoms with Gasteiger partial charge in [0.05, 0.1) is 5.56 Å². The molecule has 23 heavy (non-hydrogen) atoms. The molecular weight excluding hydrogens is 396 g/mol. The maximum atomic E-state index is 11.6. The molecule has 0 radical (unpaired) electrons. The van der Waals surface area contributed by atoms with Crippen LogP contribution < -0.4 is 10.6 Å². The lowest BCUT2D eigenvalue weighted by Crippen LogP contribution is -2.20. The van der Waals surface area contributed by atoms with Gasteiger partial charge in [-0.1, -0.05) is 15.9 Å². The number of carbonyl (C=O) groups is 1. The molecule has 0 amide bonds. The molecule has 1 heterocycles. The van der Waals surface area contributed by atoms with Crippen molar-refractivity contribution < 1.29 is 9.90 Å². The summed E-state index contributed by atoms with van der Waals surface area (Å²) in [5, 5.41) is 16.7. The SMILES string of the molecule is O=C(O)c1c(NC(=S)Nc2ccc(Br)cc2)sc2c1CCCC2. The molecule has 1 aromatic carbocycles. The van der Waals surface area contributed by atoms with Gasteiger partial charge in [0.2, 0.25) is 0 Å². The summed E-state index contributed by atoms with van der Waals surface area (Å²) in [4.78, 5) is 12.8. The van der Waals surface area contributed by atoms with Crippen molar-refractivity contribution in [3.05, 3.63) is 44.7 Å². The number of anilines is 2. The number of thiophene rings is 1. The molecule has 0 spiro atoms. The minimum atomic E-state index is -0.890. The summed E-state index contributed by atoms with van der Waals surface area (Å²) >= 11 is 10.2. The molecule has 0 saturated heterocycles. The number of carboxylic acids is 1. The van der Waals surface area contributed by atoms with Gasteiger partial charge in [-0.05, 0) is 67.7 Å². The predicted molar refractivity (Wildman–Crippen MR) is 102 cm³/mol. The molecule has 2 aromatic rings. The lowest BCUT2D eigenvalue weighted by Gasteiger charge is -2.11. The lowest BCUT2D eigenvalue weighted by atomic mass is 9.95. The van der Waals surface area contributed by atoms with Crippen molar-refractivity contribution in [2.24, 2.45) is 0 Å². The molecule has 7 heteroatoms. The number of rotatable bonds is 3. The average Bonchev–Trinajstić information content (AvgIpc) is 2.87. The maximum Gasteiger partial charge on any atom is 0.339 e. The summed E-state index contributed by atoms with van der Waals surface area (Å²) in [6.45, 7) is 0. The Hall–Kier alpha value is -1.44. The van der Waals surface area contributed by atoms with E-state index >= 15 is 0 Å². The van der Waals surface area contributed by atoms with Crippen molar-refractivity contribution >= 4 is 61.3 Å². The maximum absolute atomic E-state index is 11.6. The Balaban J connectivity index is 1.79. The first-order chi connectivity index (χ1) is 11.0. The highest BCUT2D eigenvalue weighted by atomic mass is 79.9. The van der Waals surface area contributed by atoms with E-state index in [1.54, 1.807) is 0 Å². The van der Waals surface area contributed by atoms with Gasteiger partial charge >= 0.3 is 5.97 Å². The number of nitrogens with one attached hydrogen (secondary N) is 2. The number of aryl methyl sites for hydroxylation is 1. The third-order valence-electron chi connectivity index (χ3n) is 3.71. The Kier molecular flexibility index (Phi) is 4.99. The monoisotopic (exact) mass is 410 g/mol. The summed E-state index contributed by atoms with van der Waals surface area (Å²) < 4.78 is 0.987. The van der Waals surface area contributed by atoms with Crippen molar-refractivity contribution in [1.82, 2.24) is 0 Å². The van der Waals surface area contributed by atoms with E-state index in [-0.39, 0.29) is 0 Å². The fraction of sp³-hybridized carbons (Fsp3) is 0.250. The summed E-state index contributed by atoms with van der Waals surface area (Å²) in [6, 6.07) is 7.63. The van der Waals surface area contributed by atoms with E-state index in [2.05, 4.69) is 26.6 Å². The van der Waals surface area contributed by atoms with Crippen LogP contribution in [0.1, 0.15) is 33.6 Å². The third kappa shape index (κ3) is 3.73. The highest BCUT2D eigenvalue weighted by Gasteiger charge is 2.25. The zero-order valence-corrected chi connectivity index (χ0v) is 15.4. The van der Waals surface area contributed by atoms with Crippen LogP contribution in [0.4, 0.5) is 10.7 Å². The normalized spacial score (nSPS) is 13.3. The zero-order valence-electron chi connectivity index (χ0n) is 12.2. The zero-order chi connectivity index (χ0) is 16.4. The second kappa shape index (κ2) is 6.98. The number of hydrogen-bond acceptors (Lipinski definition) is 3. The molecule has 0 fully saturated rings. The first kappa shape index (κ1) is 16.4. The van der Waals surface area contributed by atoms with Gasteiger partial charge in [0, 0.05) is 15.0 Å². The van der Waals surface area contributed by atoms with Gasteiger partial charge in [-0.15, -0.1) is 11.3 Å². The van der Waals surface area contributed by atoms with Crippen molar-refractivity contribution in [3.63, 3.8) is 0 Å². The Morgan fingerprint density at radius 2 is 1.87 bits per heavy atom. The number of carboxylic acid groups (broad SMARTS) is 1. The molecule has 3 rings (SSSR count). The topological polar surface area (TPSA) is 61.4 Å². The summed E-state index contributed by atoms with van der Waals surface area (Å²) in [7, 11) is 0. The molecule has 0 bridgehead atoms. The number of hydrogen-bond donors (Lipinski definition) is 3. The van der Waals surface area contributed by atoms with Crippen LogP contribution in [0.3, 0.4) is 0 Å². The van der Waals surface area contributed by atoms with Crippen LogP contribution >= 0.6 is 39.5 Å². The Morgan fingerprint density at radius 1 is 1.17 bits per heavy atom. The molecule has 4 nitrogen and oxygen atoms in total. The number of aromatic carboxylic acids is 1. The Labute approximate surface area is 152 Å². The Morgan fingerprint density at radius 3 is 2.57 bits per heavy atom. The van der Waals surface area contributed by atoms with Gasteiger partial charge in [0.25, 0.3) is 0 Å². The van der Waals surface area contributed by atoms with Crippen LogP contribution in [0, 0.1) is 0 Å². The van der Waals surface area contributed by atoms with Crippen LogP contribution in [-0.4, -0.2) is 16.2 Å². The van der Waals surface area contributed by atoms with Gasteiger partial charge in [-0.25, -0.2) is 4.79 Å². The molecule has 0 unspecified atom stereocenters. The second-order valence-corrected chi connectivity index (χ2v) is 7.74. The van der Waals surface area contributed by atoms with E-state index in [1.165, 1.54) is 16.2 Å². The van der Waals surface area contributed by atoms with Gasteiger partial charge in [0.15, 0.2) is 5.11 Å². The van der Waals surface area contributed by atoms with Crippen LogP contribution in [0.2, 0.25) is 0 Å². The molecular formula is C16H15BrN2O2S2. The molecule has 1 aliphatic rings. The molecule has 0 atom stereocenters. The molecule has 1 aromatic heterocycles. The minimum absolute atomic E-state index is 0.379. The van der Waals surface area contributed by atoms with Crippen LogP contribution in [-0.2, 0) is 12.8 Å². The second-order valence-electron chi connectivity index (χ2n) is 5.31. The minimum Gasteiger partial charge on any atom is -0.478 e. The summed E-state index contributed by atoms with van der Waals surface area (Å²) in [5.41, 5.74) is 2.20. The number of halogens is 1. The van der Waals surface area contributed by atoms with E-state index in [0.717, 1.165) is 41.4 Å². The number of benzene rings is 1. The van der Waals surface area contributed by atoms with Crippen molar-refractivity contribution in [1.29, 1.82) is 0 Å². The van der Waals surface area contributed by atoms with E-state index < -0.39 is 5.97 Å². The third-order valence-corrected chi connectivity index (χ3v) is 5.65. The van der Waals surface area contributed by atoms with Gasteiger partial charge in [-0.2, -0.15) is 0 Å². The first-order valence-electron chi connectivity index (χ1n) is 7.26. The molecule has 0 aliphatic heterocycles. The number of thiocarbonyl (C=S) groups is 1. The van der Waals surface area contributed by atoms with Crippen LogP contribution in [0.5, 0.6) is 0 Å². The predicted octanol–water partition coefficient (Wildman–Crippen LogP) is 4.90. The van der Waals surface area contributed by atoms with Crippen LogP contribution in [0.15, 0.2) is 28.7 Å².